The minimum atomic E-state index is -0.376. The first-order valence-corrected chi connectivity index (χ1v) is 5.88. The minimum absolute atomic E-state index is 0.125. The summed E-state index contributed by atoms with van der Waals surface area (Å²) in [5.41, 5.74) is 2.35. The molecule has 4 nitrogen and oxygen atoms in total. The maximum absolute atomic E-state index is 11.5. The summed E-state index contributed by atoms with van der Waals surface area (Å²) in [7, 11) is 0. The first kappa shape index (κ1) is 12.8. The van der Waals surface area contributed by atoms with Crippen molar-refractivity contribution in [3.05, 3.63) is 56.5 Å². The second-order valence-corrected chi connectivity index (χ2v) is 4.53. The molecule has 1 aromatic heterocycles. The number of aryl methyl sites for hydroxylation is 2. The SMILES string of the molecule is Cc1ccc(Cl)cc1-n1nc(CO)c(=O)cc1C. The average molecular weight is 265 g/mol. The van der Waals surface area contributed by atoms with Crippen molar-refractivity contribution in [2.75, 3.05) is 0 Å². The first-order valence-electron chi connectivity index (χ1n) is 5.50. The Balaban J connectivity index is 2.70. The van der Waals surface area contributed by atoms with Crippen LogP contribution in [0.1, 0.15) is 17.0 Å². The van der Waals surface area contributed by atoms with Crippen LogP contribution in [0, 0.1) is 13.8 Å². The van der Waals surface area contributed by atoms with E-state index in [1.54, 1.807) is 23.7 Å². The molecule has 2 rings (SSSR count). The van der Waals surface area contributed by atoms with Gasteiger partial charge in [-0.15, -0.1) is 0 Å². The van der Waals surface area contributed by atoms with Crippen LogP contribution in [0.5, 0.6) is 0 Å². The zero-order valence-electron chi connectivity index (χ0n) is 10.1. The zero-order chi connectivity index (χ0) is 13.3. The molecule has 0 unspecified atom stereocenters. The molecular weight excluding hydrogens is 252 g/mol. The van der Waals surface area contributed by atoms with Gasteiger partial charge < -0.3 is 5.11 Å². The molecule has 1 aromatic carbocycles. The monoisotopic (exact) mass is 264 g/mol. The van der Waals surface area contributed by atoms with Gasteiger partial charge in [-0.05, 0) is 31.5 Å². The van der Waals surface area contributed by atoms with Crippen molar-refractivity contribution in [3.63, 3.8) is 0 Å². The predicted molar refractivity (Wildman–Crippen MR) is 70.2 cm³/mol. The maximum atomic E-state index is 11.5. The van der Waals surface area contributed by atoms with E-state index in [9.17, 15) is 4.79 Å². The fourth-order valence-corrected chi connectivity index (χ4v) is 1.91. The molecule has 0 fully saturated rings. The molecule has 0 aliphatic heterocycles. The lowest BCUT2D eigenvalue weighted by atomic mass is 10.2. The van der Waals surface area contributed by atoms with Crippen LogP contribution >= 0.6 is 11.6 Å². The van der Waals surface area contributed by atoms with Crippen molar-refractivity contribution in [1.29, 1.82) is 0 Å². The number of aromatic nitrogens is 2. The van der Waals surface area contributed by atoms with Crippen LogP contribution in [0.2, 0.25) is 5.02 Å². The number of hydrogen-bond donors (Lipinski definition) is 1. The normalized spacial score (nSPS) is 10.7. The fraction of sp³-hybridized carbons (Fsp3) is 0.231. The lowest BCUT2D eigenvalue weighted by Crippen LogP contribution is -2.19. The van der Waals surface area contributed by atoms with E-state index in [0.717, 1.165) is 11.3 Å². The third kappa shape index (κ3) is 2.30. The van der Waals surface area contributed by atoms with Crippen LogP contribution in [-0.2, 0) is 6.61 Å². The van der Waals surface area contributed by atoms with Gasteiger partial charge in [0.2, 0.25) is 5.43 Å². The van der Waals surface area contributed by atoms with E-state index in [2.05, 4.69) is 5.10 Å². The van der Waals surface area contributed by atoms with Gasteiger partial charge in [-0.2, -0.15) is 5.10 Å². The number of halogens is 1. The number of aliphatic hydroxyl groups is 1. The van der Waals surface area contributed by atoms with Gasteiger partial charge in [-0.1, -0.05) is 17.7 Å². The topological polar surface area (TPSA) is 55.1 Å². The zero-order valence-corrected chi connectivity index (χ0v) is 10.9. The highest BCUT2D eigenvalue weighted by Crippen LogP contribution is 2.19. The summed E-state index contributed by atoms with van der Waals surface area (Å²) in [6, 6.07) is 6.92. The van der Waals surface area contributed by atoms with Crippen molar-refractivity contribution >= 4 is 11.6 Å². The molecule has 2 aromatic rings. The third-order valence-corrected chi connectivity index (χ3v) is 2.96. The summed E-state index contributed by atoms with van der Waals surface area (Å²) in [6.45, 7) is 3.35. The summed E-state index contributed by atoms with van der Waals surface area (Å²) >= 11 is 5.97. The molecular formula is C13H13ClN2O2. The Hall–Kier alpha value is -1.65. The Morgan fingerprint density at radius 2 is 2.06 bits per heavy atom. The molecule has 18 heavy (non-hydrogen) atoms. The molecule has 0 bridgehead atoms. The van der Waals surface area contributed by atoms with Gasteiger partial charge in [0, 0.05) is 16.8 Å². The van der Waals surface area contributed by atoms with Crippen molar-refractivity contribution < 1.29 is 5.11 Å². The minimum Gasteiger partial charge on any atom is -0.390 e. The molecule has 94 valence electrons. The molecule has 0 spiro atoms. The predicted octanol–water partition coefficient (Wildman–Crippen LogP) is 2.00. The molecule has 5 heteroatoms. The Kier molecular flexibility index (Phi) is 3.50. The number of nitrogens with zero attached hydrogens (tertiary/aromatic N) is 2. The highest BCUT2D eigenvalue weighted by molar-refractivity contribution is 6.30. The summed E-state index contributed by atoms with van der Waals surface area (Å²) in [4.78, 5) is 11.5. The summed E-state index contributed by atoms with van der Waals surface area (Å²) in [5.74, 6) is 0. The molecule has 0 aliphatic carbocycles. The lowest BCUT2D eigenvalue weighted by molar-refractivity contribution is 0.273. The Morgan fingerprint density at radius 3 is 2.72 bits per heavy atom. The smallest absolute Gasteiger partial charge is 0.206 e. The van der Waals surface area contributed by atoms with E-state index in [-0.39, 0.29) is 17.7 Å². The van der Waals surface area contributed by atoms with E-state index >= 15 is 0 Å². The van der Waals surface area contributed by atoms with Crippen LogP contribution in [0.15, 0.2) is 29.1 Å². The van der Waals surface area contributed by atoms with E-state index < -0.39 is 0 Å². The van der Waals surface area contributed by atoms with Gasteiger partial charge in [-0.25, -0.2) is 4.68 Å². The number of aliphatic hydroxyl groups excluding tert-OH is 1. The molecule has 0 aliphatic rings. The molecule has 1 N–H and O–H groups in total. The Morgan fingerprint density at radius 1 is 1.33 bits per heavy atom. The lowest BCUT2D eigenvalue weighted by Gasteiger charge is -2.13. The first-order chi connectivity index (χ1) is 8.52. The van der Waals surface area contributed by atoms with E-state index in [1.807, 2.05) is 13.0 Å². The number of benzene rings is 1. The van der Waals surface area contributed by atoms with Gasteiger partial charge in [0.25, 0.3) is 0 Å². The molecule has 0 atom stereocenters. The van der Waals surface area contributed by atoms with Gasteiger partial charge in [-0.3, -0.25) is 4.79 Å². The standard InChI is InChI=1S/C13H13ClN2O2/c1-8-3-4-10(14)6-12(8)16-9(2)5-13(18)11(7-17)15-16/h3-6,17H,7H2,1-2H3. The second-order valence-electron chi connectivity index (χ2n) is 4.10. The van der Waals surface area contributed by atoms with Crippen LogP contribution in [-0.4, -0.2) is 14.9 Å². The van der Waals surface area contributed by atoms with E-state index in [4.69, 9.17) is 16.7 Å². The van der Waals surface area contributed by atoms with Crippen molar-refractivity contribution in [3.8, 4) is 5.69 Å². The van der Waals surface area contributed by atoms with Gasteiger partial charge in [0.1, 0.15) is 5.69 Å². The summed E-state index contributed by atoms with van der Waals surface area (Å²) in [5, 5.41) is 13.9. The molecule has 0 amide bonds. The molecule has 0 saturated carbocycles. The quantitative estimate of drug-likeness (QED) is 0.903. The van der Waals surface area contributed by atoms with Crippen molar-refractivity contribution in [2.45, 2.75) is 20.5 Å². The average Bonchev–Trinajstić information content (AvgIpc) is 2.33. The van der Waals surface area contributed by atoms with Gasteiger partial charge in [0.15, 0.2) is 0 Å². The molecule has 0 saturated heterocycles. The van der Waals surface area contributed by atoms with Gasteiger partial charge in [0.05, 0.1) is 12.3 Å². The number of rotatable bonds is 2. The summed E-state index contributed by atoms with van der Waals surface area (Å²) in [6.07, 6.45) is 0. The second kappa shape index (κ2) is 4.92. The Labute approximate surface area is 109 Å². The fourth-order valence-electron chi connectivity index (χ4n) is 1.75. The third-order valence-electron chi connectivity index (χ3n) is 2.73. The van der Waals surface area contributed by atoms with E-state index in [0.29, 0.717) is 10.7 Å². The van der Waals surface area contributed by atoms with Crippen LogP contribution < -0.4 is 5.43 Å². The maximum Gasteiger partial charge on any atom is 0.206 e. The highest BCUT2D eigenvalue weighted by Gasteiger charge is 2.09. The largest absolute Gasteiger partial charge is 0.390 e. The Bertz CT molecular complexity index is 650. The summed E-state index contributed by atoms with van der Waals surface area (Å²) < 4.78 is 1.62. The van der Waals surface area contributed by atoms with Crippen LogP contribution in [0.4, 0.5) is 0 Å². The highest BCUT2D eigenvalue weighted by atomic mass is 35.5. The molecule has 1 heterocycles. The molecule has 0 radical (unpaired) electrons. The van der Waals surface area contributed by atoms with E-state index in [1.165, 1.54) is 6.07 Å². The van der Waals surface area contributed by atoms with Crippen molar-refractivity contribution in [1.82, 2.24) is 9.78 Å². The van der Waals surface area contributed by atoms with Crippen LogP contribution in [0.3, 0.4) is 0 Å². The van der Waals surface area contributed by atoms with Crippen molar-refractivity contribution in [2.24, 2.45) is 0 Å². The van der Waals surface area contributed by atoms with Crippen LogP contribution in [0.25, 0.3) is 5.69 Å². The number of hydrogen-bond acceptors (Lipinski definition) is 3. The van der Waals surface area contributed by atoms with Gasteiger partial charge >= 0.3 is 0 Å².